The predicted octanol–water partition coefficient (Wildman–Crippen LogP) is 5.35. The minimum atomic E-state index is -0.356. The van der Waals surface area contributed by atoms with Gasteiger partial charge in [0.1, 0.15) is 5.00 Å². The molecule has 0 spiro atoms. The Hall–Kier alpha value is -2.17. The minimum Gasteiger partial charge on any atom is -0.462 e. The number of amides is 1. The molecule has 3 aromatic heterocycles. The van der Waals surface area contributed by atoms with Crippen molar-refractivity contribution in [2.45, 2.75) is 58.2 Å². The molecule has 0 atom stereocenters. The van der Waals surface area contributed by atoms with Crippen LogP contribution in [0.1, 0.15) is 58.9 Å². The third-order valence-corrected chi connectivity index (χ3v) is 8.17. The number of thioether (sulfide) groups is 1. The van der Waals surface area contributed by atoms with E-state index in [2.05, 4.69) is 52.3 Å². The lowest BCUT2D eigenvalue weighted by atomic mass is 10.1. The quantitative estimate of drug-likeness (QED) is 0.338. The number of aromatic nitrogens is 3. The van der Waals surface area contributed by atoms with Crippen LogP contribution in [0.25, 0.3) is 11.4 Å². The monoisotopic (exact) mass is 490 g/mol. The van der Waals surface area contributed by atoms with Crippen molar-refractivity contribution in [1.82, 2.24) is 14.8 Å². The summed E-state index contributed by atoms with van der Waals surface area (Å²) in [6.45, 7) is 8.32. The highest BCUT2D eigenvalue weighted by Gasteiger charge is 2.28. The minimum absolute atomic E-state index is 0.154. The molecule has 170 valence electrons. The Kier molecular flexibility index (Phi) is 7.02. The molecule has 0 bridgehead atoms. The van der Waals surface area contributed by atoms with Gasteiger partial charge in [0.25, 0.3) is 0 Å². The molecule has 3 heterocycles. The second-order valence-corrected chi connectivity index (χ2v) is 11.0. The molecular formula is C22H26N4O3S3. The summed E-state index contributed by atoms with van der Waals surface area (Å²) in [6.07, 6.45) is 2.83. The molecule has 0 radical (unpaired) electrons. The summed E-state index contributed by atoms with van der Waals surface area (Å²) in [5.41, 5.74) is 2.60. The Balaban J connectivity index is 1.49. The molecule has 0 aromatic carbocycles. The van der Waals surface area contributed by atoms with Gasteiger partial charge >= 0.3 is 5.97 Å². The number of anilines is 1. The van der Waals surface area contributed by atoms with E-state index in [1.54, 1.807) is 18.3 Å². The molecule has 0 saturated heterocycles. The van der Waals surface area contributed by atoms with Crippen molar-refractivity contribution >= 4 is 51.3 Å². The average Bonchev–Trinajstić information content (AvgIpc) is 3.49. The molecular weight excluding hydrogens is 464 g/mol. The van der Waals surface area contributed by atoms with E-state index in [0.29, 0.717) is 22.3 Å². The lowest BCUT2D eigenvalue weighted by molar-refractivity contribution is -0.113. The Bertz CT molecular complexity index is 1150. The van der Waals surface area contributed by atoms with Crippen molar-refractivity contribution in [3.63, 3.8) is 0 Å². The lowest BCUT2D eigenvalue weighted by Crippen LogP contribution is -2.17. The summed E-state index contributed by atoms with van der Waals surface area (Å²) in [7, 11) is 0. The Morgan fingerprint density at radius 3 is 2.81 bits per heavy atom. The summed E-state index contributed by atoms with van der Waals surface area (Å²) < 4.78 is 7.30. The molecule has 0 aliphatic heterocycles. The van der Waals surface area contributed by atoms with Crippen LogP contribution in [0.15, 0.2) is 16.6 Å². The van der Waals surface area contributed by atoms with E-state index < -0.39 is 0 Å². The van der Waals surface area contributed by atoms with Gasteiger partial charge in [-0.3, -0.25) is 9.36 Å². The summed E-state index contributed by atoms with van der Waals surface area (Å²) in [5, 5.41) is 15.0. The van der Waals surface area contributed by atoms with Gasteiger partial charge in [0, 0.05) is 26.7 Å². The first-order valence-electron chi connectivity index (χ1n) is 10.6. The first-order valence-corrected chi connectivity index (χ1v) is 13.3. The number of hydrogen-bond acceptors (Lipinski definition) is 8. The average molecular weight is 491 g/mol. The fraction of sp³-hybridized carbons (Fsp3) is 0.455. The summed E-state index contributed by atoms with van der Waals surface area (Å²) in [5.74, 6) is 0.460. The molecule has 0 fully saturated rings. The van der Waals surface area contributed by atoms with E-state index in [0.717, 1.165) is 36.2 Å². The maximum Gasteiger partial charge on any atom is 0.341 e. The van der Waals surface area contributed by atoms with Gasteiger partial charge in [-0.15, -0.1) is 32.9 Å². The van der Waals surface area contributed by atoms with Crippen LogP contribution in [0.5, 0.6) is 0 Å². The summed E-state index contributed by atoms with van der Waals surface area (Å²) in [6, 6.07) is 2.25. The van der Waals surface area contributed by atoms with E-state index in [9.17, 15) is 9.59 Å². The summed E-state index contributed by atoms with van der Waals surface area (Å²) >= 11 is 4.52. The zero-order valence-electron chi connectivity index (χ0n) is 18.6. The van der Waals surface area contributed by atoms with Gasteiger partial charge in [-0.2, -0.15) is 0 Å². The van der Waals surface area contributed by atoms with Gasteiger partial charge in [0.2, 0.25) is 5.91 Å². The number of hydrogen-bond donors (Lipinski definition) is 1. The molecule has 10 heteroatoms. The van der Waals surface area contributed by atoms with Gasteiger partial charge in [0.15, 0.2) is 11.0 Å². The SMILES string of the molecule is CCOC(=O)c1c(NC(=O)CSc2nnc(-c3csc(C)c3)n2C(C)C)sc2c1CCC2. The first kappa shape index (κ1) is 23.0. The highest BCUT2D eigenvalue weighted by atomic mass is 32.2. The van der Waals surface area contributed by atoms with E-state index in [4.69, 9.17) is 4.74 Å². The fourth-order valence-electron chi connectivity index (χ4n) is 3.80. The van der Waals surface area contributed by atoms with Crippen LogP contribution in [-0.4, -0.2) is 39.0 Å². The highest BCUT2D eigenvalue weighted by molar-refractivity contribution is 7.99. The second kappa shape index (κ2) is 9.76. The molecule has 1 aliphatic rings. The third-order valence-electron chi connectivity index (χ3n) is 5.16. The molecule has 7 nitrogen and oxygen atoms in total. The molecule has 0 saturated carbocycles. The number of esters is 1. The smallest absolute Gasteiger partial charge is 0.341 e. The van der Waals surface area contributed by atoms with E-state index in [1.807, 2.05) is 0 Å². The van der Waals surface area contributed by atoms with Crippen LogP contribution in [0.2, 0.25) is 0 Å². The normalized spacial score (nSPS) is 12.9. The van der Waals surface area contributed by atoms with Crippen LogP contribution in [0, 0.1) is 6.92 Å². The zero-order chi connectivity index (χ0) is 22.8. The zero-order valence-corrected chi connectivity index (χ0v) is 21.0. The number of rotatable bonds is 8. The van der Waals surface area contributed by atoms with Gasteiger partial charge < -0.3 is 10.1 Å². The maximum atomic E-state index is 12.8. The predicted molar refractivity (Wildman–Crippen MR) is 130 cm³/mol. The molecule has 3 aromatic rings. The van der Waals surface area contributed by atoms with Crippen molar-refractivity contribution < 1.29 is 14.3 Å². The van der Waals surface area contributed by atoms with Gasteiger partial charge in [-0.05, 0) is 58.6 Å². The van der Waals surface area contributed by atoms with Crippen molar-refractivity contribution in [3.05, 3.63) is 32.3 Å². The van der Waals surface area contributed by atoms with Gasteiger partial charge in [-0.25, -0.2) is 4.79 Å². The maximum absolute atomic E-state index is 12.8. The number of carbonyl (C=O) groups is 2. The molecule has 32 heavy (non-hydrogen) atoms. The number of aryl methyl sites for hydroxylation is 2. The van der Waals surface area contributed by atoms with E-state index in [1.165, 1.54) is 32.9 Å². The number of nitrogens with zero attached hydrogens (tertiary/aromatic N) is 3. The number of carbonyl (C=O) groups excluding carboxylic acids is 2. The third kappa shape index (κ3) is 4.62. The second-order valence-electron chi connectivity index (χ2n) is 7.83. The van der Waals surface area contributed by atoms with Crippen LogP contribution in [0.3, 0.4) is 0 Å². The van der Waals surface area contributed by atoms with E-state index >= 15 is 0 Å². The van der Waals surface area contributed by atoms with Crippen molar-refractivity contribution in [1.29, 1.82) is 0 Å². The van der Waals surface area contributed by atoms with Crippen LogP contribution < -0.4 is 5.32 Å². The lowest BCUT2D eigenvalue weighted by Gasteiger charge is -2.13. The Morgan fingerprint density at radius 1 is 1.31 bits per heavy atom. The molecule has 1 N–H and O–H groups in total. The molecule has 1 amide bonds. The van der Waals surface area contributed by atoms with Crippen LogP contribution >= 0.6 is 34.4 Å². The number of thiophene rings is 2. The number of ether oxygens (including phenoxy) is 1. The number of fused-ring (bicyclic) bond motifs is 1. The molecule has 4 rings (SSSR count). The largest absolute Gasteiger partial charge is 0.462 e. The molecule has 1 aliphatic carbocycles. The Labute approximate surface area is 199 Å². The van der Waals surface area contributed by atoms with Crippen LogP contribution in [-0.2, 0) is 22.4 Å². The van der Waals surface area contributed by atoms with Crippen LogP contribution in [0.4, 0.5) is 5.00 Å². The molecule has 0 unspecified atom stereocenters. The first-order chi connectivity index (χ1) is 15.4. The van der Waals surface area contributed by atoms with E-state index in [-0.39, 0.29) is 23.7 Å². The van der Waals surface area contributed by atoms with Crippen molar-refractivity contribution in [2.75, 3.05) is 17.7 Å². The highest BCUT2D eigenvalue weighted by Crippen LogP contribution is 2.39. The number of nitrogens with one attached hydrogen (secondary N) is 1. The Morgan fingerprint density at radius 2 is 2.12 bits per heavy atom. The topological polar surface area (TPSA) is 86.1 Å². The standard InChI is InChI=1S/C22H26N4O3S3/c1-5-29-21(28)18-15-7-6-8-16(15)32-20(18)23-17(27)11-31-22-25-24-19(26(22)12(2)3)14-9-13(4)30-10-14/h9-10,12H,5-8,11H2,1-4H3,(H,23,27). The van der Waals surface area contributed by atoms with Gasteiger partial charge in [-0.1, -0.05) is 11.8 Å². The fourth-order valence-corrected chi connectivity index (χ4v) is 6.65. The van der Waals surface area contributed by atoms with Crippen molar-refractivity contribution in [2.24, 2.45) is 0 Å². The van der Waals surface area contributed by atoms with Crippen molar-refractivity contribution in [3.8, 4) is 11.4 Å². The summed E-state index contributed by atoms with van der Waals surface area (Å²) in [4.78, 5) is 27.7. The van der Waals surface area contributed by atoms with Gasteiger partial charge in [0.05, 0.1) is 17.9 Å².